The minimum atomic E-state index is -0.547. The molecule has 1 aromatic carbocycles. The van der Waals surface area contributed by atoms with Gasteiger partial charge in [-0.1, -0.05) is 19.9 Å². The molecule has 2 amide bonds. The fourth-order valence-electron chi connectivity index (χ4n) is 4.47. The lowest BCUT2D eigenvalue weighted by molar-refractivity contribution is -0.119. The molecular formula is C28H34N6O3. The number of nitrogens with two attached hydrogens (primary N) is 1. The third-order valence-corrected chi connectivity index (χ3v) is 6.42. The number of carbonyl (C=O) groups excluding carboxylic acids is 2. The molecule has 1 aliphatic heterocycles. The highest BCUT2D eigenvalue weighted by molar-refractivity contribution is 6.04. The number of pyridine rings is 2. The Balaban J connectivity index is 1.49. The molecule has 1 fully saturated rings. The van der Waals surface area contributed by atoms with E-state index in [1.165, 1.54) is 25.5 Å². The van der Waals surface area contributed by atoms with Gasteiger partial charge in [-0.15, -0.1) is 0 Å². The molecule has 0 aliphatic carbocycles. The lowest BCUT2D eigenvalue weighted by atomic mass is 10.0. The number of anilines is 3. The minimum absolute atomic E-state index is 0.123. The van der Waals surface area contributed by atoms with Crippen molar-refractivity contribution in [2.24, 2.45) is 11.7 Å². The quantitative estimate of drug-likeness (QED) is 0.350. The SMILES string of the molecule is CC(C)C[C@@H](Nc1cccc(-c2c[nH]c(=O)c(NC(=O)c3ccc(N4CCCCC4)cc3)c2)n1)C(N)=O. The van der Waals surface area contributed by atoms with E-state index in [2.05, 4.69) is 25.5 Å². The van der Waals surface area contributed by atoms with E-state index in [1.807, 2.05) is 26.0 Å². The zero-order valence-corrected chi connectivity index (χ0v) is 21.3. The summed E-state index contributed by atoms with van der Waals surface area (Å²) >= 11 is 0. The third-order valence-electron chi connectivity index (χ3n) is 6.42. The molecule has 1 saturated heterocycles. The number of nitrogens with one attached hydrogen (secondary N) is 3. The summed E-state index contributed by atoms with van der Waals surface area (Å²) in [6, 6.07) is 13.8. The zero-order valence-electron chi connectivity index (χ0n) is 21.3. The van der Waals surface area contributed by atoms with Crippen molar-refractivity contribution in [1.82, 2.24) is 9.97 Å². The van der Waals surface area contributed by atoms with Gasteiger partial charge in [-0.25, -0.2) is 4.98 Å². The van der Waals surface area contributed by atoms with Gasteiger partial charge in [0.1, 0.15) is 17.5 Å². The molecule has 1 atom stereocenters. The van der Waals surface area contributed by atoms with Gasteiger partial charge in [0.05, 0.1) is 5.69 Å². The first-order valence-electron chi connectivity index (χ1n) is 12.7. The van der Waals surface area contributed by atoms with Crippen molar-refractivity contribution in [2.45, 2.75) is 45.6 Å². The van der Waals surface area contributed by atoms with Crippen molar-refractivity contribution in [3.8, 4) is 11.3 Å². The summed E-state index contributed by atoms with van der Waals surface area (Å²) in [6.07, 6.45) is 5.73. The molecule has 0 saturated carbocycles. The number of nitrogens with zero attached hydrogens (tertiary/aromatic N) is 2. The first-order chi connectivity index (χ1) is 17.8. The largest absolute Gasteiger partial charge is 0.372 e. The number of rotatable bonds is 9. The van der Waals surface area contributed by atoms with E-state index in [0.29, 0.717) is 29.1 Å². The molecule has 0 spiro atoms. The van der Waals surface area contributed by atoms with Crippen LogP contribution in [-0.2, 0) is 4.79 Å². The predicted octanol–water partition coefficient (Wildman–Crippen LogP) is 3.99. The Bertz CT molecular complexity index is 1300. The number of carbonyl (C=O) groups is 2. The van der Waals surface area contributed by atoms with Gasteiger partial charge in [-0.3, -0.25) is 14.4 Å². The number of amides is 2. The molecule has 0 unspecified atom stereocenters. The van der Waals surface area contributed by atoms with Crippen LogP contribution in [0.5, 0.6) is 0 Å². The molecule has 2 aromatic heterocycles. The number of hydrogen-bond donors (Lipinski definition) is 4. The molecule has 9 nitrogen and oxygen atoms in total. The molecule has 5 N–H and O–H groups in total. The van der Waals surface area contributed by atoms with Crippen molar-refractivity contribution in [2.75, 3.05) is 28.6 Å². The summed E-state index contributed by atoms with van der Waals surface area (Å²) in [4.78, 5) is 46.8. The monoisotopic (exact) mass is 502 g/mol. The van der Waals surface area contributed by atoms with Crippen LogP contribution in [0.4, 0.5) is 17.2 Å². The van der Waals surface area contributed by atoms with Crippen molar-refractivity contribution < 1.29 is 9.59 Å². The predicted molar refractivity (Wildman–Crippen MR) is 147 cm³/mol. The van der Waals surface area contributed by atoms with Crippen LogP contribution >= 0.6 is 0 Å². The number of primary amides is 1. The van der Waals surface area contributed by atoms with Crippen molar-refractivity contribution in [3.63, 3.8) is 0 Å². The Morgan fingerprint density at radius 1 is 1.08 bits per heavy atom. The lowest BCUT2D eigenvalue weighted by Gasteiger charge is -2.28. The molecule has 4 rings (SSSR count). The summed E-state index contributed by atoms with van der Waals surface area (Å²) in [5.41, 5.74) is 8.00. The Kier molecular flexibility index (Phi) is 8.22. The smallest absolute Gasteiger partial charge is 0.271 e. The average Bonchev–Trinajstić information content (AvgIpc) is 2.90. The van der Waals surface area contributed by atoms with Crippen molar-refractivity contribution in [3.05, 3.63) is 70.6 Å². The number of piperidine rings is 1. The van der Waals surface area contributed by atoms with E-state index in [-0.39, 0.29) is 17.5 Å². The molecule has 3 heterocycles. The van der Waals surface area contributed by atoms with E-state index in [4.69, 9.17) is 5.73 Å². The van der Waals surface area contributed by atoms with Gasteiger partial charge in [0, 0.05) is 36.1 Å². The second-order valence-electron chi connectivity index (χ2n) is 9.82. The molecule has 1 aliphatic rings. The van der Waals surface area contributed by atoms with Crippen LogP contribution in [0.25, 0.3) is 11.3 Å². The van der Waals surface area contributed by atoms with Crippen molar-refractivity contribution in [1.29, 1.82) is 0 Å². The zero-order chi connectivity index (χ0) is 26.4. The van der Waals surface area contributed by atoms with Crippen LogP contribution in [0.3, 0.4) is 0 Å². The number of benzene rings is 1. The van der Waals surface area contributed by atoms with Crippen LogP contribution in [0.2, 0.25) is 0 Å². The van der Waals surface area contributed by atoms with Crippen LogP contribution in [-0.4, -0.2) is 40.9 Å². The standard InChI is InChI=1S/C28H34N6O3/c1-18(2)15-23(26(29)35)32-25-8-6-7-22(31-25)20-16-24(28(37)30-17-20)33-27(36)19-9-11-21(12-10-19)34-13-4-3-5-14-34/h6-12,16-18,23H,3-5,13-15H2,1-2H3,(H2,29,35)(H,30,37)(H,31,32)(H,33,36)/t23-/m1/s1. The highest BCUT2D eigenvalue weighted by Gasteiger charge is 2.18. The van der Waals surface area contributed by atoms with Gasteiger partial charge in [0.15, 0.2) is 0 Å². The van der Waals surface area contributed by atoms with E-state index in [1.54, 1.807) is 36.4 Å². The maximum Gasteiger partial charge on any atom is 0.271 e. The topological polar surface area (TPSA) is 133 Å². The summed E-state index contributed by atoms with van der Waals surface area (Å²) in [6.45, 7) is 6.08. The average molecular weight is 503 g/mol. The fraction of sp³-hybridized carbons (Fsp3) is 0.357. The molecule has 37 heavy (non-hydrogen) atoms. The Morgan fingerprint density at radius 3 is 2.49 bits per heavy atom. The third kappa shape index (κ3) is 6.75. The molecule has 0 bridgehead atoms. The van der Waals surface area contributed by atoms with Crippen LogP contribution in [0.15, 0.2) is 59.5 Å². The minimum Gasteiger partial charge on any atom is -0.372 e. The highest BCUT2D eigenvalue weighted by Crippen LogP contribution is 2.22. The second kappa shape index (κ2) is 11.7. The summed E-state index contributed by atoms with van der Waals surface area (Å²) in [7, 11) is 0. The number of hydrogen-bond acceptors (Lipinski definition) is 6. The Morgan fingerprint density at radius 2 is 1.81 bits per heavy atom. The first-order valence-corrected chi connectivity index (χ1v) is 12.7. The number of H-pyrrole nitrogens is 1. The van der Waals surface area contributed by atoms with Gasteiger partial charge in [-0.2, -0.15) is 0 Å². The highest BCUT2D eigenvalue weighted by atomic mass is 16.2. The number of aromatic amines is 1. The summed E-state index contributed by atoms with van der Waals surface area (Å²) in [5, 5.41) is 5.82. The molecular weight excluding hydrogens is 468 g/mol. The van der Waals surface area contributed by atoms with Crippen molar-refractivity contribution >= 4 is 29.0 Å². The fourth-order valence-corrected chi connectivity index (χ4v) is 4.47. The van der Waals surface area contributed by atoms with E-state index >= 15 is 0 Å². The molecule has 0 radical (unpaired) electrons. The second-order valence-corrected chi connectivity index (χ2v) is 9.82. The maximum absolute atomic E-state index is 12.9. The Hall–Kier alpha value is -4.14. The Labute approximate surface area is 216 Å². The lowest BCUT2D eigenvalue weighted by Crippen LogP contribution is -2.36. The number of aromatic nitrogens is 2. The van der Waals surface area contributed by atoms with Crippen LogP contribution in [0.1, 0.15) is 49.9 Å². The van der Waals surface area contributed by atoms with Crippen LogP contribution in [0, 0.1) is 5.92 Å². The van der Waals surface area contributed by atoms with E-state index in [0.717, 1.165) is 18.8 Å². The molecule has 3 aromatic rings. The van der Waals surface area contributed by atoms with Gasteiger partial charge in [-0.05, 0) is 74.1 Å². The van der Waals surface area contributed by atoms with Crippen LogP contribution < -0.4 is 26.8 Å². The van der Waals surface area contributed by atoms with Gasteiger partial charge in [0.2, 0.25) is 5.91 Å². The maximum atomic E-state index is 12.9. The van der Waals surface area contributed by atoms with Gasteiger partial charge in [0.25, 0.3) is 11.5 Å². The molecule has 194 valence electrons. The molecule has 9 heteroatoms. The van der Waals surface area contributed by atoms with E-state index in [9.17, 15) is 14.4 Å². The summed E-state index contributed by atoms with van der Waals surface area (Å²) < 4.78 is 0. The first kappa shape index (κ1) is 25.9. The van der Waals surface area contributed by atoms with Gasteiger partial charge < -0.3 is 26.3 Å². The van der Waals surface area contributed by atoms with E-state index < -0.39 is 17.5 Å². The van der Waals surface area contributed by atoms with Gasteiger partial charge >= 0.3 is 0 Å². The summed E-state index contributed by atoms with van der Waals surface area (Å²) in [5.74, 6) is -0.0415. The normalized spacial score (nSPS) is 14.3.